The number of benzene rings is 1. The van der Waals surface area contributed by atoms with Crippen LogP contribution in [0.2, 0.25) is 0 Å². The van der Waals surface area contributed by atoms with Gasteiger partial charge < -0.3 is 10.1 Å². The minimum atomic E-state index is 0.0933. The lowest BCUT2D eigenvalue weighted by atomic mass is 9.88. The van der Waals surface area contributed by atoms with Crippen molar-refractivity contribution in [3.8, 4) is 0 Å². The molecule has 1 aromatic carbocycles. The van der Waals surface area contributed by atoms with Crippen molar-refractivity contribution < 1.29 is 9.53 Å². The third kappa shape index (κ3) is 2.26. The molecule has 2 bridgehead atoms. The van der Waals surface area contributed by atoms with Crippen molar-refractivity contribution in [2.24, 2.45) is 17.3 Å². The first-order chi connectivity index (χ1) is 10.6. The predicted octanol–water partition coefficient (Wildman–Crippen LogP) is 3.11. The van der Waals surface area contributed by atoms with Crippen LogP contribution in [0.1, 0.15) is 44.6 Å². The summed E-state index contributed by atoms with van der Waals surface area (Å²) in [5, 5.41) is 3.21. The Morgan fingerprint density at radius 3 is 2.68 bits per heavy atom. The quantitative estimate of drug-likeness (QED) is 0.927. The van der Waals surface area contributed by atoms with Crippen molar-refractivity contribution in [2.75, 3.05) is 6.54 Å². The monoisotopic (exact) mass is 299 g/mol. The summed E-state index contributed by atoms with van der Waals surface area (Å²) < 4.78 is 5.80. The van der Waals surface area contributed by atoms with Gasteiger partial charge in [-0.1, -0.05) is 44.2 Å². The molecule has 1 saturated carbocycles. The number of hydrogen-bond donors (Lipinski definition) is 1. The normalized spacial score (nSPS) is 38.0. The lowest BCUT2D eigenvalue weighted by Gasteiger charge is -2.18. The van der Waals surface area contributed by atoms with Gasteiger partial charge in [0.25, 0.3) is 0 Å². The highest BCUT2D eigenvalue weighted by Crippen LogP contribution is 2.64. The third-order valence-corrected chi connectivity index (χ3v) is 6.15. The van der Waals surface area contributed by atoms with Crippen LogP contribution < -0.4 is 5.32 Å². The van der Waals surface area contributed by atoms with Crippen LogP contribution in [0, 0.1) is 17.3 Å². The number of rotatable bonds is 4. The van der Waals surface area contributed by atoms with Crippen molar-refractivity contribution in [3.05, 3.63) is 35.9 Å². The molecule has 1 aliphatic carbocycles. The molecule has 3 heteroatoms. The second-order valence-corrected chi connectivity index (χ2v) is 7.78. The SMILES string of the molecule is CC1(C)[C@H](CNC(=O)[C@H]2C[C@H]3CC[C@H]2O3)[C@H]1c1ccccc1. The smallest absolute Gasteiger partial charge is 0.225 e. The van der Waals surface area contributed by atoms with E-state index in [1.807, 2.05) is 0 Å². The second-order valence-electron chi connectivity index (χ2n) is 7.78. The Morgan fingerprint density at radius 2 is 2.05 bits per heavy atom. The van der Waals surface area contributed by atoms with Gasteiger partial charge in [-0.3, -0.25) is 4.79 Å². The first-order valence-corrected chi connectivity index (χ1v) is 8.55. The first kappa shape index (κ1) is 14.3. The Morgan fingerprint density at radius 1 is 1.27 bits per heavy atom. The van der Waals surface area contributed by atoms with Gasteiger partial charge in [0, 0.05) is 6.54 Å². The van der Waals surface area contributed by atoms with Gasteiger partial charge in [-0.15, -0.1) is 0 Å². The number of nitrogens with one attached hydrogen (secondary N) is 1. The van der Waals surface area contributed by atoms with Gasteiger partial charge in [0.1, 0.15) is 0 Å². The average molecular weight is 299 g/mol. The molecule has 0 radical (unpaired) electrons. The molecular formula is C19H25NO2. The highest BCUT2D eigenvalue weighted by molar-refractivity contribution is 5.79. The van der Waals surface area contributed by atoms with E-state index in [1.54, 1.807) is 0 Å². The topological polar surface area (TPSA) is 38.3 Å². The lowest BCUT2D eigenvalue weighted by Crippen LogP contribution is -2.37. The number of carbonyl (C=O) groups is 1. The predicted molar refractivity (Wildman–Crippen MR) is 85.5 cm³/mol. The van der Waals surface area contributed by atoms with Gasteiger partial charge in [-0.2, -0.15) is 0 Å². The van der Waals surface area contributed by atoms with Crippen LogP contribution in [0.4, 0.5) is 0 Å². The number of ether oxygens (including phenoxy) is 1. The summed E-state index contributed by atoms with van der Waals surface area (Å²) >= 11 is 0. The minimum Gasteiger partial charge on any atom is -0.374 e. The van der Waals surface area contributed by atoms with Crippen LogP contribution in [-0.2, 0) is 9.53 Å². The molecule has 3 fully saturated rings. The summed E-state index contributed by atoms with van der Waals surface area (Å²) in [4.78, 5) is 12.4. The van der Waals surface area contributed by atoms with Crippen LogP contribution in [0.15, 0.2) is 30.3 Å². The van der Waals surface area contributed by atoms with E-state index >= 15 is 0 Å². The summed E-state index contributed by atoms with van der Waals surface area (Å²) in [6.07, 6.45) is 3.65. The molecule has 3 aliphatic rings. The van der Waals surface area contributed by atoms with E-state index < -0.39 is 0 Å². The molecule has 0 spiro atoms. The van der Waals surface area contributed by atoms with Gasteiger partial charge in [0.05, 0.1) is 18.1 Å². The molecule has 0 unspecified atom stereocenters. The number of fused-ring (bicyclic) bond motifs is 2. The van der Waals surface area contributed by atoms with E-state index in [2.05, 4.69) is 49.5 Å². The van der Waals surface area contributed by atoms with Crippen LogP contribution in [0.5, 0.6) is 0 Å². The van der Waals surface area contributed by atoms with Crippen molar-refractivity contribution in [1.29, 1.82) is 0 Å². The number of carbonyl (C=O) groups excluding carboxylic acids is 1. The minimum absolute atomic E-state index is 0.0933. The zero-order valence-corrected chi connectivity index (χ0v) is 13.4. The average Bonchev–Trinajstić information content (AvgIpc) is 2.92. The molecule has 2 heterocycles. The van der Waals surface area contributed by atoms with Gasteiger partial charge in [-0.05, 0) is 42.1 Å². The van der Waals surface area contributed by atoms with E-state index in [4.69, 9.17) is 4.74 Å². The fraction of sp³-hybridized carbons (Fsp3) is 0.632. The molecule has 1 N–H and O–H groups in total. The van der Waals surface area contributed by atoms with Crippen molar-refractivity contribution >= 4 is 5.91 Å². The largest absolute Gasteiger partial charge is 0.374 e. The highest BCUT2D eigenvalue weighted by atomic mass is 16.5. The Bertz CT molecular complexity index is 568. The summed E-state index contributed by atoms with van der Waals surface area (Å²) in [5.74, 6) is 1.40. The fourth-order valence-corrected chi connectivity index (χ4v) is 4.70. The van der Waals surface area contributed by atoms with E-state index in [9.17, 15) is 4.79 Å². The zero-order valence-electron chi connectivity index (χ0n) is 13.4. The summed E-state index contributed by atoms with van der Waals surface area (Å²) in [6.45, 7) is 5.41. The van der Waals surface area contributed by atoms with Crippen molar-refractivity contribution in [1.82, 2.24) is 5.32 Å². The Labute approximate surface area is 132 Å². The lowest BCUT2D eigenvalue weighted by molar-refractivity contribution is -0.126. The van der Waals surface area contributed by atoms with Gasteiger partial charge >= 0.3 is 0 Å². The van der Waals surface area contributed by atoms with E-state index in [0.717, 1.165) is 25.8 Å². The third-order valence-electron chi connectivity index (χ3n) is 6.15. The molecule has 2 aliphatic heterocycles. The summed E-state index contributed by atoms with van der Waals surface area (Å²) in [6, 6.07) is 10.7. The molecule has 1 aromatic rings. The molecule has 118 valence electrons. The van der Waals surface area contributed by atoms with E-state index in [1.165, 1.54) is 5.56 Å². The highest BCUT2D eigenvalue weighted by Gasteiger charge is 2.58. The molecule has 1 amide bonds. The Balaban J connectivity index is 1.35. The van der Waals surface area contributed by atoms with Crippen molar-refractivity contribution in [2.45, 2.75) is 51.2 Å². The van der Waals surface area contributed by atoms with Gasteiger partial charge in [0.2, 0.25) is 5.91 Å². The first-order valence-electron chi connectivity index (χ1n) is 8.55. The standard InChI is InChI=1S/C19H25NO2/c1-19(2)15(17(19)12-6-4-3-5-7-12)11-20-18(21)14-10-13-8-9-16(14)22-13/h3-7,13-17H,8-11H2,1-2H3,(H,20,21)/t13-,14+,15-,16-,17-/m1/s1. The summed E-state index contributed by atoms with van der Waals surface area (Å²) in [5.41, 5.74) is 1.68. The maximum absolute atomic E-state index is 12.4. The molecule has 0 aromatic heterocycles. The molecule has 22 heavy (non-hydrogen) atoms. The maximum atomic E-state index is 12.4. The zero-order chi connectivity index (χ0) is 15.3. The fourth-order valence-electron chi connectivity index (χ4n) is 4.70. The molecule has 4 rings (SSSR count). The van der Waals surface area contributed by atoms with Crippen LogP contribution in [-0.4, -0.2) is 24.7 Å². The Kier molecular flexibility index (Phi) is 3.30. The number of hydrogen-bond acceptors (Lipinski definition) is 2. The Hall–Kier alpha value is -1.35. The van der Waals surface area contributed by atoms with Gasteiger partial charge in [-0.25, -0.2) is 0 Å². The van der Waals surface area contributed by atoms with Crippen molar-refractivity contribution in [3.63, 3.8) is 0 Å². The van der Waals surface area contributed by atoms with Crippen LogP contribution in [0.25, 0.3) is 0 Å². The molecule has 3 nitrogen and oxygen atoms in total. The van der Waals surface area contributed by atoms with Gasteiger partial charge in [0.15, 0.2) is 0 Å². The molecular weight excluding hydrogens is 274 g/mol. The molecule has 5 atom stereocenters. The summed E-state index contributed by atoms with van der Waals surface area (Å²) in [7, 11) is 0. The second kappa shape index (κ2) is 5.09. The van der Waals surface area contributed by atoms with Crippen LogP contribution >= 0.6 is 0 Å². The maximum Gasteiger partial charge on any atom is 0.225 e. The molecule has 2 saturated heterocycles. The number of amides is 1. The van der Waals surface area contributed by atoms with E-state index in [-0.39, 0.29) is 23.3 Å². The van der Waals surface area contributed by atoms with E-state index in [0.29, 0.717) is 17.9 Å². The van der Waals surface area contributed by atoms with Crippen LogP contribution in [0.3, 0.4) is 0 Å².